The minimum atomic E-state index is 0.0197. The van der Waals surface area contributed by atoms with Crippen LogP contribution in [0, 0.1) is 13.8 Å². The van der Waals surface area contributed by atoms with Gasteiger partial charge in [-0.1, -0.05) is 48.5 Å². The van der Waals surface area contributed by atoms with Crippen LogP contribution in [0.4, 0.5) is 11.4 Å². The maximum Gasteiger partial charge on any atom is 0.258 e. The molecule has 4 nitrogen and oxygen atoms in total. The van der Waals surface area contributed by atoms with Crippen LogP contribution in [0.5, 0.6) is 0 Å². The van der Waals surface area contributed by atoms with Gasteiger partial charge in [0.2, 0.25) is 0 Å². The van der Waals surface area contributed by atoms with Gasteiger partial charge in [-0.3, -0.25) is 9.59 Å². The molecule has 0 aromatic heterocycles. The fourth-order valence-electron chi connectivity index (χ4n) is 5.07. The summed E-state index contributed by atoms with van der Waals surface area (Å²) in [7, 11) is 0. The molecule has 0 N–H and O–H groups in total. The standard InChI is InChI=1S/C28H28N2O2/c1-19-9-3-5-13-23(19)27(31)29-17-7-11-21-15-16-22-12-8-18-30(26(22)25(21)29)28(32)24-14-6-4-10-20(24)2/h3-6,9-10,13-16H,7-8,11-12,17-18H2,1-2H3. The molecule has 0 spiro atoms. The minimum Gasteiger partial charge on any atom is -0.306 e. The Kier molecular flexibility index (Phi) is 5.30. The van der Waals surface area contributed by atoms with Gasteiger partial charge in [-0.05, 0) is 73.9 Å². The van der Waals surface area contributed by atoms with E-state index in [1.54, 1.807) is 0 Å². The number of nitrogens with zero attached hydrogens (tertiary/aromatic N) is 2. The second-order valence-corrected chi connectivity index (χ2v) is 8.83. The molecule has 0 saturated carbocycles. The van der Waals surface area contributed by atoms with Gasteiger partial charge in [0.25, 0.3) is 11.8 Å². The number of fused-ring (bicyclic) bond motifs is 3. The number of hydrogen-bond acceptors (Lipinski definition) is 2. The molecule has 2 amide bonds. The van der Waals surface area contributed by atoms with Crippen molar-refractivity contribution in [2.45, 2.75) is 39.5 Å². The van der Waals surface area contributed by atoms with E-state index in [1.165, 1.54) is 0 Å². The first kappa shape index (κ1) is 20.5. The van der Waals surface area contributed by atoms with Crippen molar-refractivity contribution < 1.29 is 9.59 Å². The monoisotopic (exact) mass is 424 g/mol. The third kappa shape index (κ3) is 3.40. The molecular formula is C28H28N2O2. The lowest BCUT2D eigenvalue weighted by Gasteiger charge is -2.38. The van der Waals surface area contributed by atoms with Gasteiger partial charge in [0.15, 0.2) is 0 Å². The summed E-state index contributed by atoms with van der Waals surface area (Å²) >= 11 is 0. The molecule has 162 valence electrons. The summed E-state index contributed by atoms with van der Waals surface area (Å²) in [5.74, 6) is 0.0395. The molecule has 0 atom stereocenters. The summed E-state index contributed by atoms with van der Waals surface area (Å²) in [6, 6.07) is 19.8. The van der Waals surface area contributed by atoms with E-state index in [9.17, 15) is 9.59 Å². The van der Waals surface area contributed by atoms with Crippen molar-refractivity contribution >= 4 is 23.2 Å². The Hall–Kier alpha value is -3.40. The molecule has 3 aromatic rings. The first-order valence-corrected chi connectivity index (χ1v) is 11.5. The lowest BCUT2D eigenvalue weighted by atomic mass is 9.91. The van der Waals surface area contributed by atoms with Crippen molar-refractivity contribution in [1.29, 1.82) is 0 Å². The fourth-order valence-corrected chi connectivity index (χ4v) is 5.07. The largest absolute Gasteiger partial charge is 0.306 e. The first-order chi connectivity index (χ1) is 15.6. The second kappa shape index (κ2) is 8.27. The van der Waals surface area contributed by atoms with Gasteiger partial charge in [-0.2, -0.15) is 0 Å². The fraction of sp³-hybridized carbons (Fsp3) is 0.286. The van der Waals surface area contributed by atoms with Gasteiger partial charge in [-0.25, -0.2) is 0 Å². The molecule has 32 heavy (non-hydrogen) atoms. The average molecular weight is 425 g/mol. The molecule has 3 aromatic carbocycles. The first-order valence-electron chi connectivity index (χ1n) is 11.5. The van der Waals surface area contributed by atoms with Gasteiger partial charge in [-0.15, -0.1) is 0 Å². The zero-order valence-electron chi connectivity index (χ0n) is 18.7. The number of carbonyl (C=O) groups is 2. The Labute approximate surface area is 189 Å². The maximum absolute atomic E-state index is 13.7. The Morgan fingerprint density at radius 3 is 1.44 bits per heavy atom. The smallest absolute Gasteiger partial charge is 0.258 e. The number of aryl methyl sites for hydroxylation is 4. The van der Waals surface area contributed by atoms with Crippen LogP contribution in [0.3, 0.4) is 0 Å². The van der Waals surface area contributed by atoms with Gasteiger partial charge in [0.05, 0.1) is 11.4 Å². The summed E-state index contributed by atoms with van der Waals surface area (Å²) in [6.07, 6.45) is 3.70. The Balaban J connectivity index is 1.64. The van der Waals surface area contributed by atoms with Crippen LogP contribution in [-0.2, 0) is 12.8 Å². The SMILES string of the molecule is Cc1ccccc1C(=O)N1CCCc2ccc3c(c21)N(C(=O)c1ccccc1C)CCC3. The highest BCUT2D eigenvalue weighted by atomic mass is 16.2. The third-order valence-electron chi connectivity index (χ3n) is 6.76. The lowest BCUT2D eigenvalue weighted by Crippen LogP contribution is -2.41. The summed E-state index contributed by atoms with van der Waals surface area (Å²) in [6.45, 7) is 5.30. The van der Waals surface area contributed by atoms with Crippen molar-refractivity contribution in [3.63, 3.8) is 0 Å². The van der Waals surface area contributed by atoms with Crippen molar-refractivity contribution in [2.75, 3.05) is 22.9 Å². The average Bonchev–Trinajstić information content (AvgIpc) is 2.83. The van der Waals surface area contributed by atoms with E-state index >= 15 is 0 Å². The van der Waals surface area contributed by atoms with E-state index in [4.69, 9.17) is 0 Å². The number of hydrogen-bond donors (Lipinski definition) is 0. The van der Waals surface area contributed by atoms with Crippen LogP contribution in [-0.4, -0.2) is 24.9 Å². The molecule has 5 rings (SSSR count). The van der Waals surface area contributed by atoms with Crippen molar-refractivity contribution in [1.82, 2.24) is 0 Å². The van der Waals surface area contributed by atoms with Crippen LogP contribution in [0.25, 0.3) is 0 Å². The molecule has 2 heterocycles. The quantitative estimate of drug-likeness (QED) is 0.546. The molecule has 0 bridgehead atoms. The second-order valence-electron chi connectivity index (χ2n) is 8.83. The molecule has 0 radical (unpaired) electrons. The van der Waals surface area contributed by atoms with Crippen LogP contribution < -0.4 is 9.80 Å². The molecule has 0 saturated heterocycles. The highest BCUT2D eigenvalue weighted by Crippen LogP contribution is 2.43. The summed E-state index contributed by atoms with van der Waals surface area (Å²) in [4.78, 5) is 31.2. The molecule has 0 aliphatic carbocycles. The number of carbonyl (C=O) groups excluding carboxylic acids is 2. The van der Waals surface area contributed by atoms with Crippen LogP contribution in [0.1, 0.15) is 55.8 Å². The molecular weight excluding hydrogens is 396 g/mol. The number of amides is 2. The molecule has 2 aliphatic rings. The number of benzene rings is 3. The van der Waals surface area contributed by atoms with Gasteiger partial charge >= 0.3 is 0 Å². The zero-order chi connectivity index (χ0) is 22.2. The van der Waals surface area contributed by atoms with Crippen LogP contribution in [0.2, 0.25) is 0 Å². The van der Waals surface area contributed by atoms with Crippen molar-refractivity contribution in [2.24, 2.45) is 0 Å². The van der Waals surface area contributed by atoms with E-state index in [1.807, 2.05) is 72.2 Å². The van der Waals surface area contributed by atoms with Crippen molar-refractivity contribution in [3.8, 4) is 0 Å². The van der Waals surface area contributed by atoms with Crippen molar-refractivity contribution in [3.05, 3.63) is 94.0 Å². The van der Waals surface area contributed by atoms with Gasteiger partial charge < -0.3 is 9.80 Å². The topological polar surface area (TPSA) is 40.6 Å². The predicted molar refractivity (Wildman–Crippen MR) is 129 cm³/mol. The molecule has 0 unspecified atom stereocenters. The van der Waals surface area contributed by atoms with Gasteiger partial charge in [0.1, 0.15) is 0 Å². The molecule has 0 fully saturated rings. The highest BCUT2D eigenvalue weighted by Gasteiger charge is 2.34. The van der Waals surface area contributed by atoms with E-state index < -0.39 is 0 Å². The molecule has 2 aliphatic heterocycles. The van der Waals surface area contributed by atoms with E-state index in [2.05, 4.69) is 12.1 Å². The molecule has 4 heteroatoms. The number of anilines is 2. The van der Waals surface area contributed by atoms with Gasteiger partial charge in [0, 0.05) is 24.2 Å². The minimum absolute atomic E-state index is 0.0197. The third-order valence-corrected chi connectivity index (χ3v) is 6.76. The highest BCUT2D eigenvalue weighted by molar-refractivity contribution is 6.14. The van der Waals surface area contributed by atoms with E-state index in [0.717, 1.165) is 70.4 Å². The van der Waals surface area contributed by atoms with Crippen LogP contribution >= 0.6 is 0 Å². The summed E-state index contributed by atoms with van der Waals surface area (Å²) < 4.78 is 0. The van der Waals surface area contributed by atoms with Crippen LogP contribution in [0.15, 0.2) is 60.7 Å². The number of rotatable bonds is 2. The lowest BCUT2D eigenvalue weighted by molar-refractivity contribution is 0.0971. The normalized spacial score (nSPS) is 15.2. The van der Waals surface area contributed by atoms with E-state index in [0.29, 0.717) is 13.1 Å². The Morgan fingerprint density at radius 2 is 1.03 bits per heavy atom. The van der Waals surface area contributed by atoms with E-state index in [-0.39, 0.29) is 11.8 Å². The predicted octanol–water partition coefficient (Wildman–Crippen LogP) is 5.49. The Morgan fingerprint density at radius 1 is 0.625 bits per heavy atom. The Bertz CT molecular complexity index is 1120. The summed E-state index contributed by atoms with van der Waals surface area (Å²) in [5, 5.41) is 0. The zero-order valence-corrected chi connectivity index (χ0v) is 18.7. The maximum atomic E-state index is 13.7. The summed E-state index contributed by atoms with van der Waals surface area (Å²) in [5.41, 5.74) is 7.58.